The van der Waals surface area contributed by atoms with Crippen molar-refractivity contribution in [3.05, 3.63) is 0 Å². The molecule has 0 saturated heterocycles. The van der Waals surface area contributed by atoms with Crippen molar-refractivity contribution < 1.29 is 23.8 Å². The summed E-state index contributed by atoms with van der Waals surface area (Å²) in [6.45, 7) is 7.94. The average Bonchev–Trinajstić information content (AvgIpc) is 3.34. The molecule has 0 aliphatic rings. The molecule has 68 heavy (non-hydrogen) atoms. The zero-order chi connectivity index (χ0) is 49.2. The Bertz CT molecular complexity index is 952. The molecule has 0 spiro atoms. The predicted octanol–water partition coefficient (Wildman–Crippen LogP) is 21.6. The van der Waals surface area contributed by atoms with Crippen molar-refractivity contribution in [2.45, 2.75) is 374 Å². The molecule has 406 valence electrons. The highest BCUT2D eigenvalue weighted by Crippen LogP contribution is 2.18. The first kappa shape index (κ1) is 66.9. The Labute approximate surface area is 427 Å². The molecule has 0 aliphatic heterocycles. The number of unbranched alkanes of at least 4 members (excludes halogenated alkanes) is 49. The molecule has 0 radical (unpaired) electrons. The van der Waals surface area contributed by atoms with E-state index in [-0.39, 0.29) is 18.5 Å². The van der Waals surface area contributed by atoms with Crippen LogP contribution in [0.5, 0.6) is 0 Å². The lowest BCUT2D eigenvalue weighted by molar-refractivity contribution is -0.163. The van der Waals surface area contributed by atoms with Gasteiger partial charge >= 0.3 is 11.9 Å². The van der Waals surface area contributed by atoms with Gasteiger partial charge in [-0.25, -0.2) is 0 Å². The molecular weight excluding hydrogens is 837 g/mol. The third-order valence-corrected chi connectivity index (χ3v) is 14.6. The van der Waals surface area contributed by atoms with Gasteiger partial charge in [0, 0.05) is 19.4 Å². The number of esters is 2. The zero-order valence-corrected chi connectivity index (χ0v) is 46.9. The summed E-state index contributed by atoms with van der Waals surface area (Å²) >= 11 is 0. The molecule has 0 aromatic carbocycles. The smallest absolute Gasteiger partial charge is 0.306 e. The molecule has 5 heteroatoms. The van der Waals surface area contributed by atoms with E-state index in [4.69, 9.17) is 14.2 Å². The topological polar surface area (TPSA) is 61.8 Å². The fourth-order valence-electron chi connectivity index (χ4n) is 9.93. The van der Waals surface area contributed by atoms with Gasteiger partial charge in [0.2, 0.25) is 0 Å². The molecule has 0 aromatic rings. The van der Waals surface area contributed by atoms with Crippen LogP contribution in [0.3, 0.4) is 0 Å². The lowest BCUT2D eigenvalue weighted by atomic mass is 10.0. The Kier molecular flexibility index (Phi) is 59.2. The van der Waals surface area contributed by atoms with Gasteiger partial charge in [-0.05, 0) is 19.3 Å². The van der Waals surface area contributed by atoms with Gasteiger partial charge in [0.05, 0.1) is 6.61 Å². The van der Waals surface area contributed by atoms with E-state index in [9.17, 15) is 9.59 Å². The maximum absolute atomic E-state index is 12.9. The monoisotopic (exact) mass is 961 g/mol. The number of hydrogen-bond donors (Lipinski definition) is 0. The summed E-state index contributed by atoms with van der Waals surface area (Å²) in [7, 11) is 0. The molecule has 0 bridgehead atoms. The summed E-state index contributed by atoms with van der Waals surface area (Å²) in [5.41, 5.74) is 0. The van der Waals surface area contributed by atoms with Crippen molar-refractivity contribution in [1.29, 1.82) is 0 Å². The Morgan fingerprint density at radius 1 is 0.265 bits per heavy atom. The molecule has 0 aromatic heterocycles. The van der Waals surface area contributed by atoms with E-state index in [0.29, 0.717) is 26.1 Å². The van der Waals surface area contributed by atoms with E-state index in [1.165, 1.54) is 302 Å². The molecular formula is C63H124O5. The summed E-state index contributed by atoms with van der Waals surface area (Å²) in [6, 6.07) is 0. The first-order chi connectivity index (χ1) is 33.6. The highest BCUT2D eigenvalue weighted by molar-refractivity contribution is 5.70. The number of ether oxygens (including phenoxy) is 3. The summed E-state index contributed by atoms with van der Waals surface area (Å²) < 4.78 is 17.6. The maximum atomic E-state index is 12.9. The quantitative estimate of drug-likeness (QED) is 0.0449. The van der Waals surface area contributed by atoms with Crippen LogP contribution < -0.4 is 0 Å². The molecule has 5 nitrogen and oxygen atoms in total. The lowest BCUT2D eigenvalue weighted by Crippen LogP contribution is -2.30. The van der Waals surface area contributed by atoms with Crippen LogP contribution in [0.2, 0.25) is 0 Å². The third kappa shape index (κ3) is 57.5. The van der Waals surface area contributed by atoms with Gasteiger partial charge in [0.1, 0.15) is 6.61 Å². The molecule has 1 atom stereocenters. The van der Waals surface area contributed by atoms with Gasteiger partial charge in [0.25, 0.3) is 0 Å². The SMILES string of the molecule is CCCCCCCCCCCCCCCCCCCCCC(=O)OCC(COCCCCCCCCCCCCCCCCCCCC)OC(=O)CCCCCCCCCCCCCCCCC. The van der Waals surface area contributed by atoms with Crippen molar-refractivity contribution in [3.63, 3.8) is 0 Å². The van der Waals surface area contributed by atoms with Crippen LogP contribution in [0.4, 0.5) is 0 Å². The zero-order valence-electron chi connectivity index (χ0n) is 46.9. The van der Waals surface area contributed by atoms with Gasteiger partial charge in [-0.3, -0.25) is 9.59 Å². The van der Waals surface area contributed by atoms with Crippen molar-refractivity contribution >= 4 is 11.9 Å². The van der Waals surface area contributed by atoms with E-state index in [0.717, 1.165) is 32.1 Å². The summed E-state index contributed by atoms with van der Waals surface area (Å²) in [5.74, 6) is -0.361. The Balaban J connectivity index is 4.16. The second kappa shape index (κ2) is 60.2. The molecule has 0 fully saturated rings. The molecule has 0 rings (SSSR count). The number of hydrogen-bond acceptors (Lipinski definition) is 5. The highest BCUT2D eigenvalue weighted by Gasteiger charge is 2.18. The van der Waals surface area contributed by atoms with Crippen molar-refractivity contribution in [2.24, 2.45) is 0 Å². The van der Waals surface area contributed by atoms with Crippen molar-refractivity contribution in [2.75, 3.05) is 19.8 Å². The van der Waals surface area contributed by atoms with Crippen LogP contribution in [-0.2, 0) is 23.8 Å². The fraction of sp³-hybridized carbons (Fsp3) is 0.968. The fourth-order valence-corrected chi connectivity index (χ4v) is 9.93. The van der Waals surface area contributed by atoms with Crippen LogP contribution in [0.25, 0.3) is 0 Å². The maximum Gasteiger partial charge on any atom is 0.306 e. The largest absolute Gasteiger partial charge is 0.462 e. The van der Waals surface area contributed by atoms with Crippen LogP contribution >= 0.6 is 0 Å². The van der Waals surface area contributed by atoms with E-state index in [1.54, 1.807) is 0 Å². The predicted molar refractivity (Wildman–Crippen MR) is 298 cm³/mol. The number of carbonyl (C=O) groups excluding carboxylic acids is 2. The van der Waals surface area contributed by atoms with Gasteiger partial charge in [-0.1, -0.05) is 335 Å². The van der Waals surface area contributed by atoms with Gasteiger partial charge in [-0.15, -0.1) is 0 Å². The standard InChI is InChI=1S/C63H124O5/c1-4-7-10-13-16-19-22-25-28-30-32-33-36-38-41-44-47-50-53-56-62(64)67-60-61(68-63(65)57-54-51-48-45-42-39-35-27-24-21-18-15-12-9-6-3)59-66-58-55-52-49-46-43-40-37-34-31-29-26-23-20-17-14-11-8-5-2/h61H,4-60H2,1-3H3. The van der Waals surface area contributed by atoms with Crippen molar-refractivity contribution in [3.8, 4) is 0 Å². The van der Waals surface area contributed by atoms with Gasteiger partial charge in [0.15, 0.2) is 6.10 Å². The third-order valence-electron chi connectivity index (χ3n) is 14.6. The van der Waals surface area contributed by atoms with Crippen molar-refractivity contribution in [1.82, 2.24) is 0 Å². The van der Waals surface area contributed by atoms with Crippen LogP contribution in [0.15, 0.2) is 0 Å². The van der Waals surface area contributed by atoms with E-state index in [1.807, 2.05) is 0 Å². The van der Waals surface area contributed by atoms with Gasteiger partial charge < -0.3 is 14.2 Å². The lowest BCUT2D eigenvalue weighted by Gasteiger charge is -2.18. The first-order valence-corrected chi connectivity index (χ1v) is 31.6. The number of rotatable bonds is 60. The first-order valence-electron chi connectivity index (χ1n) is 31.6. The minimum Gasteiger partial charge on any atom is -0.462 e. The summed E-state index contributed by atoms with van der Waals surface area (Å²) in [5, 5.41) is 0. The van der Waals surface area contributed by atoms with Gasteiger partial charge in [-0.2, -0.15) is 0 Å². The molecule has 0 amide bonds. The van der Waals surface area contributed by atoms with Crippen LogP contribution in [0, 0.1) is 0 Å². The van der Waals surface area contributed by atoms with E-state index in [2.05, 4.69) is 20.8 Å². The minimum atomic E-state index is -0.525. The van der Waals surface area contributed by atoms with E-state index < -0.39 is 6.10 Å². The Morgan fingerprint density at radius 2 is 0.485 bits per heavy atom. The Morgan fingerprint density at radius 3 is 0.750 bits per heavy atom. The Hall–Kier alpha value is -1.10. The molecule has 0 heterocycles. The number of carbonyl (C=O) groups is 2. The molecule has 0 N–H and O–H groups in total. The molecule has 0 saturated carbocycles. The summed E-state index contributed by atoms with van der Waals surface area (Å²) in [6.07, 6.45) is 69.9. The second-order valence-electron chi connectivity index (χ2n) is 21.7. The second-order valence-corrected chi connectivity index (χ2v) is 21.7. The molecule has 0 aliphatic carbocycles. The van der Waals surface area contributed by atoms with Crippen LogP contribution in [-0.4, -0.2) is 37.9 Å². The normalized spacial score (nSPS) is 12.0. The highest BCUT2D eigenvalue weighted by atomic mass is 16.6. The minimum absolute atomic E-state index is 0.0989. The molecule has 1 unspecified atom stereocenters. The van der Waals surface area contributed by atoms with Crippen LogP contribution in [0.1, 0.15) is 367 Å². The summed E-state index contributed by atoms with van der Waals surface area (Å²) in [4.78, 5) is 25.6. The average molecular weight is 962 g/mol. The van der Waals surface area contributed by atoms with E-state index >= 15 is 0 Å².